The van der Waals surface area contributed by atoms with Crippen molar-refractivity contribution in [2.45, 2.75) is 19.0 Å². The number of likely N-dealkylation sites (tertiary alicyclic amines) is 1. The first-order chi connectivity index (χ1) is 14.3. The van der Waals surface area contributed by atoms with Gasteiger partial charge in [-0.15, -0.1) is 0 Å². The summed E-state index contributed by atoms with van der Waals surface area (Å²) >= 11 is 0. The molecule has 0 aliphatic carbocycles. The van der Waals surface area contributed by atoms with Gasteiger partial charge in [-0.25, -0.2) is 4.90 Å². The van der Waals surface area contributed by atoms with Crippen molar-refractivity contribution < 1.29 is 27.5 Å². The maximum Gasteiger partial charge on any atom is 0.416 e. The molecule has 0 saturated carbocycles. The van der Waals surface area contributed by atoms with E-state index in [1.165, 1.54) is 19.2 Å². The Bertz CT molecular complexity index is 1020. The Morgan fingerprint density at radius 3 is 2.20 bits per heavy atom. The van der Waals surface area contributed by atoms with Gasteiger partial charge in [-0.2, -0.15) is 13.2 Å². The molecule has 1 saturated heterocycles. The van der Waals surface area contributed by atoms with Crippen LogP contribution in [0.25, 0.3) is 5.57 Å². The van der Waals surface area contributed by atoms with Gasteiger partial charge in [0.15, 0.2) is 0 Å². The third-order valence-electron chi connectivity index (χ3n) is 5.29. The zero-order valence-corrected chi connectivity index (χ0v) is 16.2. The third-order valence-corrected chi connectivity index (χ3v) is 5.29. The second-order valence-corrected chi connectivity index (χ2v) is 7.14. The number of benzene rings is 2. The fraction of sp³-hybridized carbons (Fsp3) is 0.273. The van der Waals surface area contributed by atoms with E-state index < -0.39 is 23.6 Å². The number of hydrogen-bond donors (Lipinski definition) is 0. The topological polar surface area (TPSA) is 49.9 Å². The quantitative estimate of drug-likeness (QED) is 0.705. The van der Waals surface area contributed by atoms with Crippen LogP contribution in [-0.4, -0.2) is 36.9 Å². The van der Waals surface area contributed by atoms with Gasteiger partial charge in [0, 0.05) is 13.1 Å². The highest BCUT2D eigenvalue weighted by Crippen LogP contribution is 2.38. The van der Waals surface area contributed by atoms with Gasteiger partial charge in [-0.3, -0.25) is 9.59 Å². The van der Waals surface area contributed by atoms with E-state index in [0.717, 1.165) is 29.9 Å². The molecule has 0 aromatic heterocycles. The molecule has 0 radical (unpaired) electrons. The zero-order chi connectivity index (χ0) is 21.5. The Morgan fingerprint density at radius 1 is 0.933 bits per heavy atom. The summed E-state index contributed by atoms with van der Waals surface area (Å²) in [7, 11) is 1.52. The number of nitrogens with zero attached hydrogens (tertiary/aromatic N) is 2. The monoisotopic (exact) mass is 416 g/mol. The summed E-state index contributed by atoms with van der Waals surface area (Å²) in [5.74, 6) is -0.646. The van der Waals surface area contributed by atoms with E-state index in [2.05, 4.69) is 0 Å². The predicted molar refractivity (Wildman–Crippen MR) is 105 cm³/mol. The molecule has 156 valence electrons. The summed E-state index contributed by atoms with van der Waals surface area (Å²) in [6.07, 6.45) is -2.82. The van der Waals surface area contributed by atoms with Crippen molar-refractivity contribution in [3.63, 3.8) is 0 Å². The SMILES string of the molecule is COc1ccc(C2=C(N3CCCC3)C(=O)N(c3cccc(C(F)(F)F)c3)C2=O)cc1. The third kappa shape index (κ3) is 3.42. The molecular weight excluding hydrogens is 397 g/mol. The second kappa shape index (κ2) is 7.51. The van der Waals surface area contributed by atoms with Crippen molar-refractivity contribution in [2.75, 3.05) is 25.1 Å². The minimum Gasteiger partial charge on any atom is -0.497 e. The van der Waals surface area contributed by atoms with E-state index in [0.29, 0.717) is 24.4 Å². The molecule has 5 nitrogen and oxygen atoms in total. The lowest BCUT2D eigenvalue weighted by atomic mass is 10.0. The smallest absolute Gasteiger partial charge is 0.416 e. The summed E-state index contributed by atoms with van der Waals surface area (Å²) in [4.78, 5) is 29.3. The van der Waals surface area contributed by atoms with Crippen LogP contribution in [0.3, 0.4) is 0 Å². The van der Waals surface area contributed by atoms with E-state index in [1.54, 1.807) is 24.3 Å². The number of methoxy groups -OCH3 is 1. The average molecular weight is 416 g/mol. The van der Waals surface area contributed by atoms with Crippen LogP contribution >= 0.6 is 0 Å². The summed E-state index contributed by atoms with van der Waals surface area (Å²) < 4.78 is 44.6. The Balaban J connectivity index is 1.80. The van der Waals surface area contributed by atoms with Gasteiger partial charge in [0.05, 0.1) is 23.9 Å². The maximum absolute atomic E-state index is 13.3. The number of alkyl halides is 3. The summed E-state index contributed by atoms with van der Waals surface area (Å²) in [6, 6.07) is 11.0. The molecule has 2 heterocycles. The highest BCUT2D eigenvalue weighted by molar-refractivity contribution is 6.45. The van der Waals surface area contributed by atoms with Crippen LogP contribution in [0.4, 0.5) is 18.9 Å². The van der Waals surface area contributed by atoms with Gasteiger partial charge in [-0.05, 0) is 48.7 Å². The van der Waals surface area contributed by atoms with Crippen LogP contribution in [-0.2, 0) is 15.8 Å². The average Bonchev–Trinajstić information content (AvgIpc) is 3.33. The Morgan fingerprint density at radius 2 is 1.60 bits per heavy atom. The number of amides is 2. The van der Waals surface area contributed by atoms with Gasteiger partial charge in [-0.1, -0.05) is 18.2 Å². The minimum absolute atomic E-state index is 0.0972. The zero-order valence-electron chi connectivity index (χ0n) is 16.2. The van der Waals surface area contributed by atoms with Crippen molar-refractivity contribution in [3.05, 3.63) is 65.4 Å². The highest BCUT2D eigenvalue weighted by atomic mass is 19.4. The van der Waals surface area contributed by atoms with Crippen molar-refractivity contribution in [2.24, 2.45) is 0 Å². The molecule has 2 aromatic rings. The first kappa shape index (κ1) is 20.0. The van der Waals surface area contributed by atoms with E-state index in [4.69, 9.17) is 4.74 Å². The maximum atomic E-state index is 13.3. The molecule has 2 aromatic carbocycles. The van der Waals surface area contributed by atoms with Crippen LogP contribution < -0.4 is 9.64 Å². The van der Waals surface area contributed by atoms with Crippen LogP contribution in [0, 0.1) is 0 Å². The molecule has 0 bridgehead atoms. The number of carbonyl (C=O) groups is 2. The lowest BCUT2D eigenvalue weighted by Crippen LogP contribution is -2.34. The first-order valence-corrected chi connectivity index (χ1v) is 9.51. The molecule has 1 fully saturated rings. The lowest BCUT2D eigenvalue weighted by molar-refractivity contribution is -0.137. The Kier molecular flexibility index (Phi) is 5.01. The van der Waals surface area contributed by atoms with Crippen molar-refractivity contribution in [1.82, 2.24) is 4.90 Å². The standard InChI is InChI=1S/C22H19F3N2O3/c1-30-17-9-7-14(8-10-17)18-19(26-11-2-3-12-26)21(29)27(20(18)28)16-6-4-5-15(13-16)22(23,24)25/h4-10,13H,2-3,11-12H2,1H3. The molecule has 2 aliphatic rings. The fourth-order valence-corrected chi connectivity index (χ4v) is 3.83. The van der Waals surface area contributed by atoms with E-state index >= 15 is 0 Å². The molecule has 8 heteroatoms. The Hall–Kier alpha value is -3.29. The van der Waals surface area contributed by atoms with Crippen molar-refractivity contribution in [1.29, 1.82) is 0 Å². The lowest BCUT2D eigenvalue weighted by Gasteiger charge is -2.20. The second-order valence-electron chi connectivity index (χ2n) is 7.14. The normalized spacial score (nSPS) is 17.3. The van der Waals surface area contributed by atoms with Crippen molar-refractivity contribution >= 4 is 23.1 Å². The molecule has 0 spiro atoms. The number of imide groups is 1. The van der Waals surface area contributed by atoms with Crippen LogP contribution in [0.15, 0.2) is 54.2 Å². The van der Waals surface area contributed by atoms with E-state index in [-0.39, 0.29) is 17.0 Å². The van der Waals surface area contributed by atoms with Gasteiger partial charge < -0.3 is 9.64 Å². The van der Waals surface area contributed by atoms with E-state index in [9.17, 15) is 22.8 Å². The minimum atomic E-state index is -4.58. The molecule has 4 rings (SSSR count). The summed E-state index contributed by atoms with van der Waals surface area (Å²) in [5, 5.41) is 0. The molecular formula is C22H19F3N2O3. The van der Waals surface area contributed by atoms with Gasteiger partial charge in [0.2, 0.25) is 0 Å². The molecule has 2 amide bonds. The first-order valence-electron chi connectivity index (χ1n) is 9.51. The van der Waals surface area contributed by atoms with Crippen LogP contribution in [0.2, 0.25) is 0 Å². The molecule has 0 atom stereocenters. The number of halogens is 3. The molecule has 2 aliphatic heterocycles. The molecule has 30 heavy (non-hydrogen) atoms. The molecule has 0 unspecified atom stereocenters. The van der Waals surface area contributed by atoms with Gasteiger partial charge >= 0.3 is 6.18 Å². The van der Waals surface area contributed by atoms with E-state index in [1.807, 2.05) is 4.90 Å². The number of carbonyl (C=O) groups excluding carboxylic acids is 2. The summed E-state index contributed by atoms with van der Waals surface area (Å²) in [6.45, 7) is 1.23. The Labute approximate surface area is 171 Å². The number of hydrogen-bond acceptors (Lipinski definition) is 4. The van der Waals surface area contributed by atoms with Gasteiger partial charge in [0.25, 0.3) is 11.8 Å². The molecule has 0 N–H and O–H groups in total. The van der Waals surface area contributed by atoms with Crippen molar-refractivity contribution in [3.8, 4) is 5.75 Å². The van der Waals surface area contributed by atoms with Crippen LogP contribution in [0.1, 0.15) is 24.0 Å². The predicted octanol–water partition coefficient (Wildman–Crippen LogP) is 4.09. The number of anilines is 1. The van der Waals surface area contributed by atoms with Crippen LogP contribution in [0.5, 0.6) is 5.75 Å². The number of rotatable bonds is 4. The number of ether oxygens (including phenoxy) is 1. The highest BCUT2D eigenvalue weighted by Gasteiger charge is 2.43. The largest absolute Gasteiger partial charge is 0.497 e. The van der Waals surface area contributed by atoms with Gasteiger partial charge in [0.1, 0.15) is 11.4 Å². The fourth-order valence-electron chi connectivity index (χ4n) is 3.83. The summed E-state index contributed by atoms with van der Waals surface area (Å²) in [5.41, 5.74) is -0.0613.